The molecule has 0 spiro atoms. The molecule has 3 aromatic rings. The van der Waals surface area contributed by atoms with Gasteiger partial charge in [-0.05, 0) is 30.9 Å². The summed E-state index contributed by atoms with van der Waals surface area (Å²) < 4.78 is 21.1. The number of amides is 1. The SMILES string of the molecule is COC[C@@H]1CCCN(C(=O)c2csc3nc(-c4ccccc4F)cn23)C1. The number of thiazole rings is 1. The molecule has 136 valence electrons. The third-order valence-electron chi connectivity index (χ3n) is 4.79. The van der Waals surface area contributed by atoms with Crippen LogP contribution in [0, 0.1) is 11.7 Å². The van der Waals surface area contributed by atoms with E-state index < -0.39 is 0 Å². The average Bonchev–Trinajstić information content (AvgIpc) is 3.23. The molecule has 1 aliphatic heterocycles. The number of carbonyl (C=O) groups is 1. The minimum Gasteiger partial charge on any atom is -0.384 e. The molecular weight excluding hydrogens is 353 g/mol. The van der Waals surface area contributed by atoms with Crippen LogP contribution in [0.15, 0.2) is 35.8 Å². The van der Waals surface area contributed by atoms with Crippen LogP contribution >= 0.6 is 11.3 Å². The molecule has 1 saturated heterocycles. The Morgan fingerprint density at radius 2 is 2.27 bits per heavy atom. The number of piperidine rings is 1. The number of aromatic nitrogens is 2. The van der Waals surface area contributed by atoms with Gasteiger partial charge in [-0.1, -0.05) is 12.1 Å². The molecular formula is C19H20FN3O2S. The first-order chi connectivity index (χ1) is 12.7. The molecule has 0 saturated carbocycles. The summed E-state index contributed by atoms with van der Waals surface area (Å²) in [4.78, 5) is 20.1. The summed E-state index contributed by atoms with van der Waals surface area (Å²) in [6.07, 6.45) is 3.81. The van der Waals surface area contributed by atoms with Gasteiger partial charge in [-0.25, -0.2) is 9.37 Å². The van der Waals surface area contributed by atoms with Crippen molar-refractivity contribution in [1.29, 1.82) is 0 Å². The highest BCUT2D eigenvalue weighted by Crippen LogP contribution is 2.27. The Kier molecular flexibility index (Phi) is 4.74. The lowest BCUT2D eigenvalue weighted by Gasteiger charge is -2.32. The van der Waals surface area contributed by atoms with E-state index in [1.165, 1.54) is 17.4 Å². The second-order valence-corrected chi connectivity index (χ2v) is 7.43. The standard InChI is InChI=1S/C19H20FN3O2S/c1-25-11-13-5-4-8-22(9-13)18(24)17-12-26-19-21-16(10-23(17)19)14-6-2-3-7-15(14)20/h2-3,6-7,10,12-13H,4-5,8-9,11H2,1H3/t13-/m1/s1. The molecule has 1 atom stereocenters. The van der Waals surface area contributed by atoms with Crippen LogP contribution in [0.4, 0.5) is 4.39 Å². The number of methoxy groups -OCH3 is 1. The molecule has 2 aromatic heterocycles. The van der Waals surface area contributed by atoms with Gasteiger partial charge in [0, 0.05) is 37.3 Å². The lowest BCUT2D eigenvalue weighted by Crippen LogP contribution is -2.41. The topological polar surface area (TPSA) is 46.8 Å². The van der Waals surface area contributed by atoms with Gasteiger partial charge in [-0.3, -0.25) is 9.20 Å². The molecule has 0 unspecified atom stereocenters. The van der Waals surface area contributed by atoms with Crippen molar-refractivity contribution in [3.63, 3.8) is 0 Å². The number of benzene rings is 1. The van der Waals surface area contributed by atoms with Crippen molar-refractivity contribution < 1.29 is 13.9 Å². The zero-order chi connectivity index (χ0) is 18.1. The summed E-state index contributed by atoms with van der Waals surface area (Å²) in [7, 11) is 1.69. The summed E-state index contributed by atoms with van der Waals surface area (Å²) in [5.74, 6) is 0.0580. The van der Waals surface area contributed by atoms with Gasteiger partial charge in [0.1, 0.15) is 11.5 Å². The smallest absolute Gasteiger partial charge is 0.271 e. The fraction of sp³-hybridized carbons (Fsp3) is 0.368. The van der Waals surface area contributed by atoms with Crippen LogP contribution in [0.1, 0.15) is 23.3 Å². The third kappa shape index (κ3) is 3.12. The summed E-state index contributed by atoms with van der Waals surface area (Å²) >= 11 is 1.40. The molecule has 7 heteroatoms. The van der Waals surface area contributed by atoms with Gasteiger partial charge in [-0.15, -0.1) is 11.3 Å². The minimum absolute atomic E-state index is 0.00506. The molecule has 0 bridgehead atoms. The van der Waals surface area contributed by atoms with E-state index in [2.05, 4.69) is 4.98 Å². The zero-order valence-electron chi connectivity index (χ0n) is 14.5. The van der Waals surface area contributed by atoms with Crippen LogP contribution in [-0.4, -0.2) is 47.0 Å². The average molecular weight is 373 g/mol. The molecule has 0 radical (unpaired) electrons. The van der Waals surface area contributed by atoms with Gasteiger partial charge in [0.2, 0.25) is 0 Å². The second-order valence-electron chi connectivity index (χ2n) is 6.59. The normalized spacial score (nSPS) is 17.8. The quantitative estimate of drug-likeness (QED) is 0.701. The number of likely N-dealkylation sites (tertiary alicyclic amines) is 1. The highest BCUT2D eigenvalue weighted by Gasteiger charge is 2.26. The number of carbonyl (C=O) groups excluding carboxylic acids is 1. The molecule has 26 heavy (non-hydrogen) atoms. The maximum atomic E-state index is 14.0. The van der Waals surface area contributed by atoms with E-state index in [9.17, 15) is 9.18 Å². The van der Waals surface area contributed by atoms with Crippen LogP contribution in [0.25, 0.3) is 16.2 Å². The van der Waals surface area contributed by atoms with Crippen molar-refractivity contribution in [3.05, 3.63) is 47.4 Å². The van der Waals surface area contributed by atoms with Crippen molar-refractivity contribution >= 4 is 22.2 Å². The highest BCUT2D eigenvalue weighted by molar-refractivity contribution is 7.15. The van der Waals surface area contributed by atoms with Gasteiger partial charge in [0.25, 0.3) is 5.91 Å². The molecule has 1 aromatic carbocycles. The number of imidazole rings is 1. The fourth-order valence-corrected chi connectivity index (χ4v) is 4.37. The van der Waals surface area contributed by atoms with Crippen molar-refractivity contribution in [2.75, 3.05) is 26.8 Å². The Hall–Kier alpha value is -2.25. The monoisotopic (exact) mass is 373 g/mol. The van der Waals surface area contributed by atoms with E-state index in [4.69, 9.17) is 4.74 Å². The predicted molar refractivity (Wildman–Crippen MR) is 99.0 cm³/mol. The van der Waals surface area contributed by atoms with Crippen LogP contribution in [0.2, 0.25) is 0 Å². The molecule has 1 amide bonds. The number of rotatable bonds is 4. The van der Waals surface area contributed by atoms with E-state index in [0.717, 1.165) is 19.4 Å². The van der Waals surface area contributed by atoms with Crippen LogP contribution in [-0.2, 0) is 4.74 Å². The Morgan fingerprint density at radius 1 is 1.42 bits per heavy atom. The van der Waals surface area contributed by atoms with Gasteiger partial charge >= 0.3 is 0 Å². The van der Waals surface area contributed by atoms with Crippen molar-refractivity contribution in [2.45, 2.75) is 12.8 Å². The first-order valence-electron chi connectivity index (χ1n) is 8.67. The van der Waals surface area contributed by atoms with E-state index in [-0.39, 0.29) is 11.7 Å². The number of ether oxygens (including phenoxy) is 1. The van der Waals surface area contributed by atoms with Gasteiger partial charge in [0.05, 0.1) is 12.3 Å². The number of nitrogens with zero attached hydrogens (tertiary/aromatic N) is 3. The maximum absolute atomic E-state index is 14.0. The number of halogens is 1. The van der Waals surface area contributed by atoms with E-state index >= 15 is 0 Å². The van der Waals surface area contributed by atoms with E-state index in [1.807, 2.05) is 10.3 Å². The maximum Gasteiger partial charge on any atom is 0.271 e. The number of fused-ring (bicyclic) bond motifs is 1. The molecule has 1 aliphatic rings. The van der Waals surface area contributed by atoms with Crippen molar-refractivity contribution in [1.82, 2.24) is 14.3 Å². The molecule has 5 nitrogen and oxygen atoms in total. The fourth-order valence-electron chi connectivity index (χ4n) is 3.52. The Labute approximate surface area is 155 Å². The molecule has 0 N–H and O–H groups in total. The zero-order valence-corrected chi connectivity index (χ0v) is 15.3. The van der Waals surface area contributed by atoms with Crippen LogP contribution < -0.4 is 0 Å². The van der Waals surface area contributed by atoms with Crippen LogP contribution in [0.3, 0.4) is 0 Å². The van der Waals surface area contributed by atoms with Gasteiger partial charge < -0.3 is 9.64 Å². The molecule has 0 aliphatic carbocycles. The minimum atomic E-state index is -0.315. The van der Waals surface area contributed by atoms with E-state index in [1.54, 1.807) is 35.9 Å². The Balaban J connectivity index is 1.63. The first kappa shape index (κ1) is 17.2. The third-order valence-corrected chi connectivity index (χ3v) is 5.63. The molecule has 1 fully saturated rings. The Bertz CT molecular complexity index is 934. The summed E-state index contributed by atoms with van der Waals surface area (Å²) in [5, 5.41) is 1.83. The molecule has 4 rings (SSSR count). The predicted octanol–water partition coefficient (Wildman–Crippen LogP) is 3.70. The van der Waals surface area contributed by atoms with E-state index in [0.29, 0.717) is 41.0 Å². The second kappa shape index (κ2) is 7.17. The summed E-state index contributed by atoms with van der Waals surface area (Å²) in [5.41, 5.74) is 1.57. The highest BCUT2D eigenvalue weighted by atomic mass is 32.1. The largest absolute Gasteiger partial charge is 0.384 e. The number of hydrogen-bond acceptors (Lipinski definition) is 4. The van der Waals surface area contributed by atoms with Crippen molar-refractivity contribution in [3.8, 4) is 11.3 Å². The van der Waals surface area contributed by atoms with Crippen LogP contribution in [0.5, 0.6) is 0 Å². The summed E-state index contributed by atoms with van der Waals surface area (Å²) in [6, 6.07) is 6.54. The molecule has 3 heterocycles. The van der Waals surface area contributed by atoms with Crippen molar-refractivity contribution in [2.24, 2.45) is 5.92 Å². The lowest BCUT2D eigenvalue weighted by molar-refractivity contribution is 0.0565. The number of hydrogen-bond donors (Lipinski definition) is 0. The van der Waals surface area contributed by atoms with Gasteiger partial charge in [-0.2, -0.15) is 0 Å². The summed E-state index contributed by atoms with van der Waals surface area (Å²) in [6.45, 7) is 2.13. The Morgan fingerprint density at radius 3 is 3.08 bits per heavy atom. The van der Waals surface area contributed by atoms with Gasteiger partial charge in [0.15, 0.2) is 4.96 Å². The lowest BCUT2D eigenvalue weighted by atomic mass is 9.99. The first-order valence-corrected chi connectivity index (χ1v) is 9.55.